The highest BCUT2D eigenvalue weighted by atomic mass is 16.3. The molecule has 0 unspecified atom stereocenters. The Hall–Kier alpha value is -1.97. The van der Waals surface area contributed by atoms with E-state index in [1.807, 2.05) is 20.8 Å². The number of aromatic nitrogens is 1. The second-order valence-electron chi connectivity index (χ2n) is 4.99. The summed E-state index contributed by atoms with van der Waals surface area (Å²) >= 11 is 0. The number of hydrogen-bond donors (Lipinski definition) is 2. The minimum absolute atomic E-state index is 0.145. The number of oxazole rings is 1. The first-order valence-corrected chi connectivity index (χ1v) is 5.36. The maximum absolute atomic E-state index is 9.42. The van der Waals surface area contributed by atoms with Gasteiger partial charge < -0.3 is 14.6 Å². The van der Waals surface area contributed by atoms with Gasteiger partial charge in [-0.05, 0) is 18.2 Å². The summed E-state index contributed by atoms with van der Waals surface area (Å²) in [4.78, 5) is 4.36. The zero-order valence-electron chi connectivity index (χ0n) is 10.1. The summed E-state index contributed by atoms with van der Waals surface area (Å²) in [5.74, 6) is 0.330. The summed E-state index contributed by atoms with van der Waals surface area (Å²) in [6, 6.07) is 4.56. The van der Waals surface area contributed by atoms with Gasteiger partial charge in [0.15, 0.2) is 17.4 Å². The molecule has 4 heteroatoms. The van der Waals surface area contributed by atoms with Crippen molar-refractivity contribution in [2.75, 3.05) is 0 Å². The highest BCUT2D eigenvalue weighted by Gasteiger charge is 2.20. The first kappa shape index (κ1) is 11.5. The molecular weight excluding hydrogens is 218 g/mol. The number of benzene rings is 1. The molecule has 0 aliphatic heterocycles. The van der Waals surface area contributed by atoms with E-state index in [1.54, 1.807) is 12.3 Å². The predicted octanol–water partition coefficient (Wildman–Crippen LogP) is 3.05. The average Bonchev–Trinajstić information content (AvgIpc) is 2.70. The van der Waals surface area contributed by atoms with Crippen molar-refractivity contribution in [3.8, 4) is 22.8 Å². The van der Waals surface area contributed by atoms with Gasteiger partial charge in [-0.25, -0.2) is 4.98 Å². The third kappa shape index (κ3) is 2.25. The number of hydrogen-bond acceptors (Lipinski definition) is 4. The summed E-state index contributed by atoms with van der Waals surface area (Å²) in [5, 5.41) is 18.7. The largest absolute Gasteiger partial charge is 0.504 e. The van der Waals surface area contributed by atoms with Gasteiger partial charge in [0.25, 0.3) is 0 Å². The molecule has 0 saturated heterocycles. The lowest BCUT2D eigenvalue weighted by atomic mass is 9.97. The van der Waals surface area contributed by atoms with E-state index in [1.165, 1.54) is 12.1 Å². The van der Waals surface area contributed by atoms with Crippen molar-refractivity contribution < 1.29 is 14.6 Å². The molecule has 0 fully saturated rings. The molecule has 90 valence electrons. The number of nitrogens with zero attached hydrogens (tertiary/aromatic N) is 1. The lowest BCUT2D eigenvalue weighted by Crippen LogP contribution is -2.11. The van der Waals surface area contributed by atoms with Crippen LogP contribution >= 0.6 is 0 Å². The van der Waals surface area contributed by atoms with Gasteiger partial charge in [0, 0.05) is 11.0 Å². The van der Waals surface area contributed by atoms with E-state index < -0.39 is 0 Å². The fraction of sp³-hybridized carbons (Fsp3) is 0.308. The smallest absolute Gasteiger partial charge is 0.199 e. The average molecular weight is 233 g/mol. The van der Waals surface area contributed by atoms with Crippen molar-refractivity contribution in [2.24, 2.45) is 0 Å². The number of rotatable bonds is 1. The lowest BCUT2D eigenvalue weighted by molar-refractivity contribution is 0.392. The van der Waals surface area contributed by atoms with Crippen LogP contribution in [0.15, 0.2) is 28.9 Å². The Kier molecular flexibility index (Phi) is 2.58. The van der Waals surface area contributed by atoms with Crippen molar-refractivity contribution in [3.63, 3.8) is 0 Å². The Morgan fingerprint density at radius 2 is 1.82 bits per heavy atom. The molecule has 1 heterocycles. The second-order valence-corrected chi connectivity index (χ2v) is 4.99. The van der Waals surface area contributed by atoms with Crippen LogP contribution in [0.4, 0.5) is 0 Å². The molecule has 0 spiro atoms. The van der Waals surface area contributed by atoms with Crippen LogP contribution in [0.2, 0.25) is 0 Å². The third-order valence-electron chi connectivity index (χ3n) is 2.42. The molecule has 2 rings (SSSR count). The van der Waals surface area contributed by atoms with Crippen LogP contribution in [0.5, 0.6) is 11.5 Å². The number of phenolic OH excluding ortho intramolecular Hbond substituents is 2. The van der Waals surface area contributed by atoms with E-state index >= 15 is 0 Å². The minimum atomic E-state index is -0.164. The normalized spacial score (nSPS) is 11.7. The topological polar surface area (TPSA) is 66.5 Å². The Balaban J connectivity index is 2.40. The Morgan fingerprint density at radius 3 is 2.35 bits per heavy atom. The van der Waals surface area contributed by atoms with Crippen LogP contribution in [0.1, 0.15) is 26.7 Å². The van der Waals surface area contributed by atoms with Crippen molar-refractivity contribution in [1.82, 2.24) is 4.98 Å². The minimum Gasteiger partial charge on any atom is -0.504 e. The van der Waals surface area contributed by atoms with Gasteiger partial charge in [0.05, 0.1) is 0 Å². The maximum atomic E-state index is 9.42. The van der Waals surface area contributed by atoms with Gasteiger partial charge in [0.2, 0.25) is 0 Å². The van der Waals surface area contributed by atoms with E-state index in [2.05, 4.69) is 4.98 Å². The monoisotopic (exact) mass is 233 g/mol. The summed E-state index contributed by atoms with van der Waals surface area (Å²) in [6.45, 7) is 6.03. The van der Waals surface area contributed by atoms with E-state index in [9.17, 15) is 10.2 Å². The van der Waals surface area contributed by atoms with Gasteiger partial charge in [0.1, 0.15) is 12.0 Å². The van der Waals surface area contributed by atoms with Gasteiger partial charge in [-0.1, -0.05) is 20.8 Å². The van der Waals surface area contributed by atoms with Crippen LogP contribution in [0.25, 0.3) is 11.3 Å². The molecule has 0 radical (unpaired) electrons. The number of aromatic hydroxyl groups is 2. The van der Waals surface area contributed by atoms with Crippen LogP contribution in [0, 0.1) is 0 Å². The zero-order valence-corrected chi connectivity index (χ0v) is 10.1. The quantitative estimate of drug-likeness (QED) is 0.743. The van der Waals surface area contributed by atoms with Gasteiger partial charge in [-0.15, -0.1) is 0 Å². The summed E-state index contributed by atoms with van der Waals surface area (Å²) in [6.07, 6.45) is 1.55. The van der Waals surface area contributed by atoms with Crippen LogP contribution in [0.3, 0.4) is 0 Å². The van der Waals surface area contributed by atoms with Crippen LogP contribution in [-0.2, 0) is 5.41 Å². The third-order valence-corrected chi connectivity index (χ3v) is 2.42. The van der Waals surface area contributed by atoms with E-state index in [-0.39, 0.29) is 16.9 Å². The van der Waals surface area contributed by atoms with Crippen molar-refractivity contribution in [2.45, 2.75) is 26.2 Å². The summed E-state index contributed by atoms with van der Waals surface area (Å²) in [5.41, 5.74) is 1.20. The second kappa shape index (κ2) is 3.80. The molecule has 0 aliphatic carbocycles. The van der Waals surface area contributed by atoms with Crippen LogP contribution < -0.4 is 0 Å². The fourth-order valence-corrected chi connectivity index (χ4v) is 1.43. The first-order valence-electron chi connectivity index (χ1n) is 5.36. The molecule has 1 aromatic heterocycles. The SMILES string of the molecule is CC(C)(C)c1nc(-c2ccc(O)c(O)c2)co1. The van der Waals surface area contributed by atoms with Crippen molar-refractivity contribution >= 4 is 0 Å². The maximum Gasteiger partial charge on any atom is 0.199 e. The standard InChI is InChI=1S/C13H15NO3/c1-13(2,3)12-14-9(7-17-12)8-4-5-10(15)11(16)6-8/h4-7,15-16H,1-3H3. The van der Waals surface area contributed by atoms with Gasteiger partial charge in [-0.2, -0.15) is 0 Å². The number of phenols is 2. The Labute approximate surface area is 99.6 Å². The van der Waals surface area contributed by atoms with E-state index in [0.29, 0.717) is 17.1 Å². The van der Waals surface area contributed by atoms with Crippen LogP contribution in [-0.4, -0.2) is 15.2 Å². The van der Waals surface area contributed by atoms with E-state index in [0.717, 1.165) is 0 Å². The molecule has 0 atom stereocenters. The highest BCUT2D eigenvalue weighted by molar-refractivity contribution is 5.62. The lowest BCUT2D eigenvalue weighted by Gasteiger charge is -2.11. The molecule has 0 bridgehead atoms. The predicted molar refractivity (Wildman–Crippen MR) is 64.0 cm³/mol. The molecular formula is C13H15NO3. The highest BCUT2D eigenvalue weighted by Crippen LogP contribution is 2.31. The molecule has 4 nitrogen and oxygen atoms in total. The Morgan fingerprint density at radius 1 is 1.12 bits per heavy atom. The van der Waals surface area contributed by atoms with E-state index in [4.69, 9.17) is 4.42 Å². The zero-order chi connectivity index (χ0) is 12.6. The summed E-state index contributed by atoms with van der Waals surface area (Å²) in [7, 11) is 0. The van der Waals surface area contributed by atoms with Crippen molar-refractivity contribution in [3.05, 3.63) is 30.4 Å². The van der Waals surface area contributed by atoms with Gasteiger partial charge in [-0.3, -0.25) is 0 Å². The molecule has 17 heavy (non-hydrogen) atoms. The summed E-state index contributed by atoms with van der Waals surface area (Å²) < 4.78 is 5.40. The molecule has 0 aliphatic rings. The Bertz CT molecular complexity index is 538. The first-order chi connectivity index (χ1) is 7.88. The molecule has 0 saturated carbocycles. The molecule has 2 N–H and O–H groups in total. The van der Waals surface area contributed by atoms with Crippen molar-refractivity contribution in [1.29, 1.82) is 0 Å². The van der Waals surface area contributed by atoms with Gasteiger partial charge >= 0.3 is 0 Å². The molecule has 0 amide bonds. The molecule has 1 aromatic carbocycles. The molecule has 2 aromatic rings. The fourth-order valence-electron chi connectivity index (χ4n) is 1.43.